The van der Waals surface area contributed by atoms with Gasteiger partial charge in [0, 0.05) is 12.1 Å². The fraction of sp³-hybridized carbons (Fsp3) is 0.176. The van der Waals surface area contributed by atoms with Gasteiger partial charge in [0.15, 0.2) is 0 Å². The predicted molar refractivity (Wildman–Crippen MR) is 87.1 cm³/mol. The number of aliphatic hydroxyl groups excluding tert-OH is 2. The minimum Gasteiger partial charge on any atom is -0.491 e. The molecule has 0 aliphatic heterocycles. The van der Waals surface area contributed by atoms with Crippen LogP contribution < -0.4 is 4.74 Å². The molecule has 0 saturated carbocycles. The molecule has 120 valence electrons. The molecule has 0 heterocycles. The van der Waals surface area contributed by atoms with Crippen LogP contribution >= 0.6 is 0 Å². The lowest BCUT2D eigenvalue weighted by atomic mass is 10.1. The predicted octanol–water partition coefficient (Wildman–Crippen LogP) is 2.50. The summed E-state index contributed by atoms with van der Waals surface area (Å²) in [6.07, 6.45) is 2.85. The van der Waals surface area contributed by atoms with Crippen LogP contribution in [0.25, 0.3) is 12.2 Å². The summed E-state index contributed by atoms with van der Waals surface area (Å²) in [4.78, 5) is 10.2. The van der Waals surface area contributed by atoms with E-state index in [0.717, 1.165) is 11.1 Å². The summed E-state index contributed by atoms with van der Waals surface area (Å²) in [6.45, 7) is -0.301. The second kappa shape index (κ2) is 8.07. The first-order valence-corrected chi connectivity index (χ1v) is 7.03. The zero-order valence-electron chi connectivity index (χ0n) is 12.3. The maximum absolute atomic E-state index is 10.6. The van der Waals surface area contributed by atoms with Crippen molar-refractivity contribution < 1.29 is 19.9 Å². The van der Waals surface area contributed by atoms with Crippen molar-refractivity contribution in [2.75, 3.05) is 13.2 Å². The van der Waals surface area contributed by atoms with Crippen LogP contribution in [-0.2, 0) is 0 Å². The molecule has 1 atom stereocenters. The van der Waals surface area contributed by atoms with Crippen LogP contribution in [0.15, 0.2) is 48.5 Å². The number of non-ortho nitro benzene ring substituents is 1. The molecule has 0 aliphatic carbocycles. The fourth-order valence-corrected chi connectivity index (χ4v) is 1.82. The molecule has 0 bridgehead atoms. The summed E-state index contributed by atoms with van der Waals surface area (Å²) in [5.74, 6) is 0.602. The first-order chi connectivity index (χ1) is 11.1. The minimum atomic E-state index is -0.892. The van der Waals surface area contributed by atoms with Crippen molar-refractivity contribution >= 4 is 17.8 Å². The van der Waals surface area contributed by atoms with Gasteiger partial charge in [-0.2, -0.15) is 0 Å². The molecule has 2 aromatic carbocycles. The SMILES string of the molecule is O=[N+]([O-])c1ccc(C=Cc2ccc(OCC(O)CO)cc2)cc1. The first-order valence-electron chi connectivity index (χ1n) is 7.03. The van der Waals surface area contributed by atoms with Crippen molar-refractivity contribution in [3.8, 4) is 5.75 Å². The Bertz CT molecular complexity index is 664. The molecule has 0 radical (unpaired) electrons. The number of nitro groups is 1. The number of benzene rings is 2. The average molecular weight is 315 g/mol. The number of rotatable bonds is 7. The number of hydrogen-bond donors (Lipinski definition) is 2. The van der Waals surface area contributed by atoms with Gasteiger partial charge in [0.05, 0.1) is 11.5 Å². The maximum Gasteiger partial charge on any atom is 0.269 e. The molecule has 23 heavy (non-hydrogen) atoms. The standard InChI is InChI=1S/C17H17NO5/c19-11-16(20)12-23-17-9-5-14(6-10-17)2-1-13-3-7-15(8-4-13)18(21)22/h1-10,16,19-20H,11-12H2. The zero-order valence-corrected chi connectivity index (χ0v) is 12.3. The van der Waals surface area contributed by atoms with Crippen LogP contribution in [0.2, 0.25) is 0 Å². The van der Waals surface area contributed by atoms with Crippen LogP contribution in [0.4, 0.5) is 5.69 Å². The van der Waals surface area contributed by atoms with Crippen LogP contribution in [0.5, 0.6) is 5.75 Å². The van der Waals surface area contributed by atoms with E-state index in [1.165, 1.54) is 12.1 Å². The van der Waals surface area contributed by atoms with Crippen LogP contribution in [0.3, 0.4) is 0 Å². The summed E-state index contributed by atoms with van der Waals surface area (Å²) in [6, 6.07) is 13.5. The quantitative estimate of drug-likeness (QED) is 0.465. The number of nitro benzene ring substituents is 1. The molecule has 2 rings (SSSR count). The van der Waals surface area contributed by atoms with Gasteiger partial charge in [-0.3, -0.25) is 10.1 Å². The van der Waals surface area contributed by atoms with Gasteiger partial charge in [-0.25, -0.2) is 0 Å². The smallest absolute Gasteiger partial charge is 0.269 e. The van der Waals surface area contributed by atoms with Crippen molar-refractivity contribution in [3.05, 3.63) is 69.8 Å². The highest BCUT2D eigenvalue weighted by atomic mass is 16.6. The summed E-state index contributed by atoms with van der Waals surface area (Å²) >= 11 is 0. The third-order valence-corrected chi connectivity index (χ3v) is 3.11. The van der Waals surface area contributed by atoms with Crippen molar-refractivity contribution in [1.29, 1.82) is 0 Å². The van der Waals surface area contributed by atoms with Crippen LogP contribution in [0, 0.1) is 10.1 Å². The van der Waals surface area contributed by atoms with Crippen LogP contribution in [0.1, 0.15) is 11.1 Å². The Morgan fingerprint density at radius 1 is 1.04 bits per heavy atom. The second-order valence-electron chi connectivity index (χ2n) is 4.90. The van der Waals surface area contributed by atoms with E-state index >= 15 is 0 Å². The van der Waals surface area contributed by atoms with Crippen LogP contribution in [-0.4, -0.2) is 34.5 Å². The molecule has 2 N–H and O–H groups in total. The summed E-state index contributed by atoms with van der Waals surface area (Å²) in [5.41, 5.74) is 1.87. The lowest BCUT2D eigenvalue weighted by Gasteiger charge is -2.09. The highest BCUT2D eigenvalue weighted by molar-refractivity contribution is 5.70. The molecule has 6 nitrogen and oxygen atoms in total. The minimum absolute atomic E-state index is 0.0362. The Balaban J connectivity index is 1.95. The van der Waals surface area contributed by atoms with Gasteiger partial charge in [0.2, 0.25) is 0 Å². The lowest BCUT2D eigenvalue weighted by molar-refractivity contribution is -0.384. The Morgan fingerprint density at radius 2 is 1.57 bits per heavy atom. The van der Waals surface area contributed by atoms with E-state index in [1.807, 2.05) is 24.3 Å². The van der Waals surface area contributed by atoms with Crippen molar-refractivity contribution in [2.24, 2.45) is 0 Å². The molecular weight excluding hydrogens is 298 g/mol. The third-order valence-electron chi connectivity index (χ3n) is 3.11. The van der Waals surface area contributed by atoms with Gasteiger partial charge in [0.1, 0.15) is 18.5 Å². The highest BCUT2D eigenvalue weighted by Crippen LogP contribution is 2.16. The first kappa shape index (κ1) is 16.7. The summed E-state index contributed by atoms with van der Waals surface area (Å²) < 4.78 is 5.31. The zero-order chi connectivity index (χ0) is 16.7. The largest absolute Gasteiger partial charge is 0.491 e. The van der Waals surface area contributed by atoms with Gasteiger partial charge in [0.25, 0.3) is 5.69 Å². The van der Waals surface area contributed by atoms with E-state index < -0.39 is 11.0 Å². The summed E-state index contributed by atoms with van der Waals surface area (Å²) in [5, 5.41) is 28.5. The second-order valence-corrected chi connectivity index (χ2v) is 4.90. The van der Waals surface area contributed by atoms with Gasteiger partial charge in [-0.05, 0) is 35.4 Å². The topological polar surface area (TPSA) is 92.8 Å². The van der Waals surface area contributed by atoms with E-state index in [1.54, 1.807) is 24.3 Å². The molecule has 1 unspecified atom stereocenters. The molecule has 0 amide bonds. The summed E-state index contributed by atoms with van der Waals surface area (Å²) in [7, 11) is 0. The maximum atomic E-state index is 10.6. The van der Waals surface area contributed by atoms with Gasteiger partial charge in [-0.1, -0.05) is 24.3 Å². The molecule has 2 aromatic rings. The molecule has 0 fully saturated rings. The molecule has 0 spiro atoms. The Morgan fingerprint density at radius 3 is 2.04 bits per heavy atom. The lowest BCUT2D eigenvalue weighted by Crippen LogP contribution is -2.21. The molecular formula is C17H17NO5. The number of hydrogen-bond acceptors (Lipinski definition) is 5. The van der Waals surface area contributed by atoms with E-state index in [0.29, 0.717) is 5.75 Å². The number of ether oxygens (including phenoxy) is 1. The highest BCUT2D eigenvalue weighted by Gasteiger charge is 2.03. The average Bonchev–Trinajstić information content (AvgIpc) is 2.59. The Labute approximate surface area is 133 Å². The molecule has 6 heteroatoms. The third kappa shape index (κ3) is 5.21. The molecule has 0 aromatic heterocycles. The van der Waals surface area contributed by atoms with E-state index in [-0.39, 0.29) is 18.9 Å². The Kier molecular flexibility index (Phi) is 5.85. The fourth-order valence-electron chi connectivity index (χ4n) is 1.82. The van der Waals surface area contributed by atoms with E-state index in [9.17, 15) is 15.2 Å². The monoisotopic (exact) mass is 315 g/mol. The van der Waals surface area contributed by atoms with Crippen molar-refractivity contribution in [1.82, 2.24) is 0 Å². The molecule has 0 saturated heterocycles. The molecule has 0 aliphatic rings. The number of aliphatic hydroxyl groups is 2. The normalized spacial score (nSPS) is 12.3. The van der Waals surface area contributed by atoms with Gasteiger partial charge >= 0.3 is 0 Å². The van der Waals surface area contributed by atoms with E-state index in [4.69, 9.17) is 9.84 Å². The van der Waals surface area contributed by atoms with Crippen molar-refractivity contribution in [3.63, 3.8) is 0 Å². The van der Waals surface area contributed by atoms with Gasteiger partial charge < -0.3 is 14.9 Å². The van der Waals surface area contributed by atoms with E-state index in [2.05, 4.69) is 0 Å². The number of nitrogens with zero attached hydrogens (tertiary/aromatic N) is 1. The van der Waals surface area contributed by atoms with Gasteiger partial charge in [-0.15, -0.1) is 0 Å². The van der Waals surface area contributed by atoms with Crippen molar-refractivity contribution in [2.45, 2.75) is 6.10 Å². The Hall–Kier alpha value is -2.70.